The van der Waals surface area contributed by atoms with Gasteiger partial charge >= 0.3 is 0 Å². The van der Waals surface area contributed by atoms with E-state index < -0.39 is 0 Å². The summed E-state index contributed by atoms with van der Waals surface area (Å²) in [5.74, 6) is 1.08. The number of aromatic amines is 1. The van der Waals surface area contributed by atoms with Gasteiger partial charge in [0.1, 0.15) is 5.75 Å². The van der Waals surface area contributed by atoms with Crippen molar-refractivity contribution in [1.82, 2.24) is 4.98 Å². The predicted octanol–water partition coefficient (Wildman–Crippen LogP) is 5.43. The molecule has 0 amide bonds. The summed E-state index contributed by atoms with van der Waals surface area (Å²) in [4.78, 5) is 15.1. The molecule has 0 saturated carbocycles. The molecule has 1 heterocycles. The van der Waals surface area contributed by atoms with Crippen LogP contribution >= 0.6 is 11.6 Å². The lowest BCUT2D eigenvalue weighted by molar-refractivity contribution is 0.112. The minimum absolute atomic E-state index is 0.401. The Morgan fingerprint density at radius 2 is 1.96 bits per heavy atom. The van der Waals surface area contributed by atoms with Gasteiger partial charge in [-0.3, -0.25) is 4.79 Å². The normalized spacial score (nSPS) is 11.2. The Morgan fingerprint density at radius 1 is 1.17 bits per heavy atom. The highest BCUT2D eigenvalue weighted by atomic mass is 35.5. The summed E-state index contributed by atoms with van der Waals surface area (Å²) in [6.45, 7) is 4.27. The van der Waals surface area contributed by atoms with E-state index in [0.29, 0.717) is 22.3 Å². The van der Waals surface area contributed by atoms with Crippen molar-refractivity contribution >= 4 is 28.8 Å². The maximum Gasteiger partial charge on any atom is 0.152 e. The van der Waals surface area contributed by atoms with Crippen molar-refractivity contribution in [1.29, 1.82) is 0 Å². The lowest BCUT2D eigenvalue weighted by atomic mass is 9.99. The summed E-state index contributed by atoms with van der Waals surface area (Å²) < 4.78 is 5.42. The van der Waals surface area contributed by atoms with E-state index in [1.807, 2.05) is 12.1 Å². The van der Waals surface area contributed by atoms with Crippen LogP contribution in [0.1, 0.15) is 35.7 Å². The topological polar surface area (TPSA) is 42.1 Å². The van der Waals surface area contributed by atoms with Crippen LogP contribution in [0.2, 0.25) is 5.02 Å². The fraction of sp³-hybridized carbons (Fsp3) is 0.211. The second kappa shape index (κ2) is 6.09. The van der Waals surface area contributed by atoms with Gasteiger partial charge in [-0.1, -0.05) is 31.5 Å². The quantitative estimate of drug-likeness (QED) is 0.649. The molecule has 4 heteroatoms. The van der Waals surface area contributed by atoms with Gasteiger partial charge in [0.05, 0.1) is 12.8 Å². The average Bonchev–Trinajstić information content (AvgIpc) is 2.92. The number of benzene rings is 2. The monoisotopic (exact) mass is 327 g/mol. The molecule has 1 N–H and O–H groups in total. The van der Waals surface area contributed by atoms with Crippen molar-refractivity contribution in [2.75, 3.05) is 7.11 Å². The molecule has 0 aliphatic heterocycles. The Balaban J connectivity index is 2.30. The molecule has 1 aromatic heterocycles. The molecule has 0 aliphatic rings. The lowest BCUT2D eigenvalue weighted by Crippen LogP contribution is -1.91. The van der Waals surface area contributed by atoms with Crippen LogP contribution in [-0.2, 0) is 0 Å². The number of nitrogens with one attached hydrogen (secondary N) is 1. The zero-order chi connectivity index (χ0) is 16.6. The molecule has 0 fully saturated rings. The van der Waals surface area contributed by atoms with Crippen molar-refractivity contribution < 1.29 is 9.53 Å². The van der Waals surface area contributed by atoms with Gasteiger partial charge in [0.2, 0.25) is 0 Å². The second-order valence-corrected chi connectivity index (χ2v) is 6.27. The molecule has 0 bridgehead atoms. The number of rotatable bonds is 4. The number of carbonyl (C=O) groups excluding carboxylic acids is 1. The minimum Gasteiger partial charge on any atom is -0.496 e. The van der Waals surface area contributed by atoms with E-state index >= 15 is 0 Å². The fourth-order valence-electron chi connectivity index (χ4n) is 2.80. The van der Waals surface area contributed by atoms with Crippen molar-refractivity contribution in [2.45, 2.75) is 19.8 Å². The molecular formula is C19H18ClNO2. The molecule has 2 aromatic carbocycles. The standard InChI is InChI=1S/C19H18ClNO2/c1-11(2)12-4-6-17-14(8-12)16(10-22)19(21-17)15-9-13(20)5-7-18(15)23-3/h4-11,21H,1-3H3. The first kappa shape index (κ1) is 15.6. The van der Waals surface area contributed by atoms with Gasteiger partial charge in [-0.15, -0.1) is 0 Å². The highest BCUT2D eigenvalue weighted by Crippen LogP contribution is 2.37. The Labute approximate surface area is 140 Å². The van der Waals surface area contributed by atoms with Crippen LogP contribution in [0.15, 0.2) is 36.4 Å². The number of carbonyl (C=O) groups is 1. The number of hydrogen-bond donors (Lipinski definition) is 1. The molecule has 23 heavy (non-hydrogen) atoms. The van der Waals surface area contributed by atoms with Gasteiger partial charge in [-0.25, -0.2) is 0 Å². The van der Waals surface area contributed by atoms with E-state index in [-0.39, 0.29) is 0 Å². The first-order valence-electron chi connectivity index (χ1n) is 7.50. The minimum atomic E-state index is 0.401. The first-order chi connectivity index (χ1) is 11.0. The first-order valence-corrected chi connectivity index (χ1v) is 7.87. The number of methoxy groups -OCH3 is 1. The Hall–Kier alpha value is -2.26. The summed E-state index contributed by atoms with van der Waals surface area (Å²) in [5, 5.41) is 1.52. The average molecular weight is 328 g/mol. The van der Waals surface area contributed by atoms with Crippen molar-refractivity contribution in [3.63, 3.8) is 0 Å². The molecule has 0 unspecified atom stereocenters. The van der Waals surface area contributed by atoms with E-state index in [0.717, 1.165) is 28.4 Å². The Morgan fingerprint density at radius 3 is 2.61 bits per heavy atom. The molecule has 3 rings (SSSR count). The Kier molecular flexibility index (Phi) is 4.14. The van der Waals surface area contributed by atoms with Crippen molar-refractivity contribution in [3.05, 3.63) is 52.5 Å². The third-order valence-electron chi connectivity index (χ3n) is 4.08. The van der Waals surface area contributed by atoms with Gasteiger partial charge < -0.3 is 9.72 Å². The van der Waals surface area contributed by atoms with E-state index in [1.54, 1.807) is 19.2 Å². The molecule has 3 aromatic rings. The predicted molar refractivity (Wildman–Crippen MR) is 94.8 cm³/mol. The lowest BCUT2D eigenvalue weighted by Gasteiger charge is -2.08. The number of aromatic nitrogens is 1. The highest BCUT2D eigenvalue weighted by Gasteiger charge is 2.17. The summed E-state index contributed by atoms with van der Waals surface area (Å²) in [5.41, 5.74) is 4.26. The summed E-state index contributed by atoms with van der Waals surface area (Å²) >= 11 is 6.13. The van der Waals surface area contributed by atoms with Crippen LogP contribution in [0.4, 0.5) is 0 Å². The maximum absolute atomic E-state index is 11.7. The van der Waals surface area contributed by atoms with Crippen molar-refractivity contribution in [3.8, 4) is 17.0 Å². The van der Waals surface area contributed by atoms with Gasteiger partial charge in [0.15, 0.2) is 6.29 Å². The maximum atomic E-state index is 11.7. The largest absolute Gasteiger partial charge is 0.496 e. The summed E-state index contributed by atoms with van der Waals surface area (Å²) in [7, 11) is 1.60. The van der Waals surface area contributed by atoms with Gasteiger partial charge in [-0.05, 0) is 41.8 Å². The van der Waals surface area contributed by atoms with Crippen LogP contribution in [0, 0.1) is 0 Å². The number of halogens is 1. The van der Waals surface area contributed by atoms with E-state index in [9.17, 15) is 4.79 Å². The molecule has 0 spiro atoms. The smallest absolute Gasteiger partial charge is 0.152 e. The number of hydrogen-bond acceptors (Lipinski definition) is 2. The van der Waals surface area contributed by atoms with Crippen LogP contribution < -0.4 is 4.74 Å². The molecule has 118 valence electrons. The van der Waals surface area contributed by atoms with Crippen molar-refractivity contribution in [2.24, 2.45) is 0 Å². The molecule has 0 saturated heterocycles. The number of H-pyrrole nitrogens is 1. The third-order valence-corrected chi connectivity index (χ3v) is 4.31. The zero-order valence-corrected chi connectivity index (χ0v) is 14.1. The van der Waals surface area contributed by atoms with Crippen LogP contribution in [0.3, 0.4) is 0 Å². The SMILES string of the molecule is COc1ccc(Cl)cc1-c1[nH]c2ccc(C(C)C)cc2c1C=O. The van der Waals surface area contributed by atoms with Crippen LogP contribution in [0.5, 0.6) is 5.75 Å². The fourth-order valence-corrected chi connectivity index (χ4v) is 2.97. The molecule has 0 radical (unpaired) electrons. The third kappa shape index (κ3) is 2.73. The van der Waals surface area contributed by atoms with Crippen LogP contribution in [0.25, 0.3) is 22.2 Å². The number of ether oxygens (including phenoxy) is 1. The van der Waals surface area contributed by atoms with Gasteiger partial charge in [0.25, 0.3) is 0 Å². The Bertz CT molecular complexity index is 880. The summed E-state index contributed by atoms with van der Waals surface area (Å²) in [6, 6.07) is 11.5. The van der Waals surface area contributed by atoms with Gasteiger partial charge in [0, 0.05) is 27.1 Å². The van der Waals surface area contributed by atoms with E-state index in [4.69, 9.17) is 16.3 Å². The second-order valence-electron chi connectivity index (χ2n) is 5.84. The summed E-state index contributed by atoms with van der Waals surface area (Å²) in [6.07, 6.45) is 0.888. The number of aldehydes is 1. The van der Waals surface area contributed by atoms with Crippen LogP contribution in [-0.4, -0.2) is 18.4 Å². The van der Waals surface area contributed by atoms with E-state index in [1.165, 1.54) is 5.56 Å². The number of fused-ring (bicyclic) bond motifs is 1. The van der Waals surface area contributed by atoms with Gasteiger partial charge in [-0.2, -0.15) is 0 Å². The van der Waals surface area contributed by atoms with E-state index in [2.05, 4.69) is 31.0 Å². The molecule has 0 aliphatic carbocycles. The highest BCUT2D eigenvalue weighted by molar-refractivity contribution is 6.31. The molecule has 3 nitrogen and oxygen atoms in total. The molecular weight excluding hydrogens is 310 g/mol. The molecule has 0 atom stereocenters. The zero-order valence-electron chi connectivity index (χ0n) is 13.3.